The number of ether oxygens (including phenoxy) is 1. The number of rotatable bonds is 5. The van der Waals surface area contributed by atoms with Gasteiger partial charge in [-0.25, -0.2) is 4.98 Å². The maximum absolute atomic E-state index is 12.1. The van der Waals surface area contributed by atoms with E-state index in [1.54, 1.807) is 12.1 Å². The van der Waals surface area contributed by atoms with Crippen LogP contribution in [0.3, 0.4) is 0 Å². The number of aromatic nitrogens is 1. The fourth-order valence-corrected chi connectivity index (χ4v) is 2.69. The van der Waals surface area contributed by atoms with Gasteiger partial charge in [0.25, 0.3) is 0 Å². The van der Waals surface area contributed by atoms with Gasteiger partial charge in [0.15, 0.2) is 12.4 Å². The van der Waals surface area contributed by atoms with E-state index >= 15 is 0 Å². The zero-order valence-electron chi connectivity index (χ0n) is 13.9. The third kappa shape index (κ3) is 4.99. The monoisotopic (exact) mass is 331 g/mol. The Bertz CT molecular complexity index is 696. The highest BCUT2D eigenvalue weighted by Crippen LogP contribution is 2.22. The van der Waals surface area contributed by atoms with Crippen molar-refractivity contribution in [3.8, 4) is 0 Å². The van der Waals surface area contributed by atoms with E-state index in [1.165, 1.54) is 11.3 Å². The highest BCUT2D eigenvalue weighted by Gasteiger charge is 2.15. The van der Waals surface area contributed by atoms with Crippen LogP contribution in [0.1, 0.15) is 47.4 Å². The summed E-state index contributed by atoms with van der Waals surface area (Å²) in [5.41, 5.74) is 2.43. The van der Waals surface area contributed by atoms with Gasteiger partial charge in [0.05, 0.1) is 17.1 Å². The van der Waals surface area contributed by atoms with Crippen LogP contribution in [0.25, 0.3) is 0 Å². The largest absolute Gasteiger partial charge is 0.457 e. The van der Waals surface area contributed by atoms with E-state index in [2.05, 4.69) is 25.8 Å². The second kappa shape index (κ2) is 7.04. The van der Waals surface area contributed by atoms with Crippen LogP contribution in [0.15, 0.2) is 29.6 Å². The van der Waals surface area contributed by atoms with Gasteiger partial charge in [0.1, 0.15) is 0 Å². The minimum atomic E-state index is -0.435. The van der Waals surface area contributed by atoms with Gasteiger partial charge in [0, 0.05) is 10.9 Å². The minimum Gasteiger partial charge on any atom is -0.457 e. The van der Waals surface area contributed by atoms with Crippen molar-refractivity contribution in [1.29, 1.82) is 0 Å². The van der Waals surface area contributed by atoms with Crippen molar-refractivity contribution in [2.45, 2.75) is 39.5 Å². The summed E-state index contributed by atoms with van der Waals surface area (Å²) in [6.45, 7) is 7.99. The molecule has 0 saturated carbocycles. The predicted molar refractivity (Wildman–Crippen MR) is 91.0 cm³/mol. The SMILES string of the molecule is Cc1nc(CC(=O)OCC(=O)c2ccc(C(C)(C)C)cc2)cs1. The Morgan fingerprint density at radius 3 is 2.35 bits per heavy atom. The highest BCUT2D eigenvalue weighted by atomic mass is 32.1. The second-order valence-corrected chi connectivity index (χ2v) is 7.51. The zero-order valence-corrected chi connectivity index (χ0v) is 14.7. The molecule has 0 aliphatic rings. The molecule has 0 aliphatic heterocycles. The molecule has 0 atom stereocenters. The molecular formula is C18H21NO3S. The standard InChI is InChI=1S/C18H21NO3S/c1-12-19-15(11-23-12)9-17(21)22-10-16(20)13-5-7-14(8-6-13)18(2,3)4/h5-8,11H,9-10H2,1-4H3. The third-order valence-corrected chi connectivity index (χ3v) is 4.25. The molecule has 0 aliphatic carbocycles. The van der Waals surface area contributed by atoms with Crippen molar-refractivity contribution in [1.82, 2.24) is 4.98 Å². The van der Waals surface area contributed by atoms with E-state index in [9.17, 15) is 9.59 Å². The molecule has 5 heteroatoms. The molecule has 2 aromatic rings. The number of carbonyl (C=O) groups excluding carboxylic acids is 2. The van der Waals surface area contributed by atoms with Crippen LogP contribution in [-0.4, -0.2) is 23.3 Å². The molecule has 0 radical (unpaired) electrons. The molecule has 23 heavy (non-hydrogen) atoms. The molecule has 0 bridgehead atoms. The Labute approximate surface area is 140 Å². The summed E-state index contributed by atoms with van der Waals surface area (Å²) in [6, 6.07) is 7.43. The lowest BCUT2D eigenvalue weighted by molar-refractivity contribution is -0.141. The molecule has 0 saturated heterocycles. The molecule has 2 rings (SSSR count). The first-order valence-electron chi connectivity index (χ1n) is 7.46. The molecular weight excluding hydrogens is 310 g/mol. The molecule has 122 valence electrons. The van der Waals surface area contributed by atoms with Crippen molar-refractivity contribution in [2.24, 2.45) is 0 Å². The van der Waals surface area contributed by atoms with Crippen LogP contribution in [0, 0.1) is 6.92 Å². The van der Waals surface area contributed by atoms with E-state index in [0.717, 1.165) is 10.6 Å². The fraction of sp³-hybridized carbons (Fsp3) is 0.389. The summed E-state index contributed by atoms with van der Waals surface area (Å²) in [7, 11) is 0. The number of aryl methyl sites for hydroxylation is 1. The third-order valence-electron chi connectivity index (χ3n) is 3.43. The topological polar surface area (TPSA) is 56.3 Å². The summed E-state index contributed by atoms with van der Waals surface area (Å²) < 4.78 is 5.05. The molecule has 0 N–H and O–H groups in total. The summed E-state index contributed by atoms with van der Waals surface area (Å²) in [6.07, 6.45) is 0.0978. The quantitative estimate of drug-likeness (QED) is 0.619. The maximum Gasteiger partial charge on any atom is 0.312 e. The average Bonchev–Trinajstić information content (AvgIpc) is 2.89. The van der Waals surface area contributed by atoms with Gasteiger partial charge >= 0.3 is 5.97 Å². The average molecular weight is 331 g/mol. The number of hydrogen-bond donors (Lipinski definition) is 0. The summed E-state index contributed by atoms with van der Waals surface area (Å²) >= 11 is 1.49. The number of Topliss-reactive ketones (excluding diaryl/α,β-unsaturated/α-hetero) is 1. The van der Waals surface area contributed by atoms with E-state index < -0.39 is 5.97 Å². The van der Waals surface area contributed by atoms with E-state index in [4.69, 9.17) is 4.74 Å². The molecule has 1 heterocycles. The van der Waals surface area contributed by atoms with Gasteiger partial charge in [-0.05, 0) is 17.9 Å². The van der Waals surface area contributed by atoms with Gasteiger partial charge < -0.3 is 4.74 Å². The Morgan fingerprint density at radius 2 is 1.83 bits per heavy atom. The van der Waals surface area contributed by atoms with Crippen LogP contribution in [0.2, 0.25) is 0 Å². The molecule has 0 spiro atoms. The fourth-order valence-electron chi connectivity index (χ4n) is 2.07. The van der Waals surface area contributed by atoms with Crippen LogP contribution < -0.4 is 0 Å². The maximum atomic E-state index is 12.1. The molecule has 0 unspecified atom stereocenters. The lowest BCUT2D eigenvalue weighted by atomic mass is 9.86. The number of ketones is 1. The van der Waals surface area contributed by atoms with Crippen LogP contribution in [0.4, 0.5) is 0 Å². The Balaban J connectivity index is 1.88. The van der Waals surface area contributed by atoms with Crippen LogP contribution >= 0.6 is 11.3 Å². The molecule has 1 aromatic carbocycles. The predicted octanol–water partition coefficient (Wildman–Crippen LogP) is 3.72. The summed E-state index contributed by atoms with van der Waals surface area (Å²) in [5.74, 6) is -0.636. The Hall–Kier alpha value is -2.01. The Kier molecular flexibility index (Phi) is 5.31. The molecule has 0 fully saturated rings. The molecule has 1 aromatic heterocycles. The summed E-state index contributed by atoms with van der Waals surface area (Å²) in [5, 5.41) is 2.73. The molecule has 0 amide bonds. The summed E-state index contributed by atoms with van der Waals surface area (Å²) in [4.78, 5) is 28.0. The number of carbonyl (C=O) groups is 2. The normalized spacial score (nSPS) is 11.3. The smallest absolute Gasteiger partial charge is 0.312 e. The lowest BCUT2D eigenvalue weighted by Gasteiger charge is -2.18. The lowest BCUT2D eigenvalue weighted by Crippen LogP contribution is -2.16. The zero-order chi connectivity index (χ0) is 17.0. The first-order chi connectivity index (χ1) is 10.8. The number of thiazole rings is 1. The number of benzene rings is 1. The van der Waals surface area contributed by atoms with Gasteiger partial charge in [-0.2, -0.15) is 0 Å². The van der Waals surface area contributed by atoms with Gasteiger partial charge in [-0.1, -0.05) is 45.0 Å². The first kappa shape index (κ1) is 17.3. The van der Waals surface area contributed by atoms with Crippen molar-refractivity contribution in [2.75, 3.05) is 6.61 Å². The number of esters is 1. The van der Waals surface area contributed by atoms with Crippen molar-refractivity contribution >= 4 is 23.1 Å². The Morgan fingerprint density at radius 1 is 1.17 bits per heavy atom. The first-order valence-corrected chi connectivity index (χ1v) is 8.34. The van der Waals surface area contributed by atoms with Crippen LogP contribution in [0.5, 0.6) is 0 Å². The van der Waals surface area contributed by atoms with Gasteiger partial charge in [-0.3, -0.25) is 9.59 Å². The van der Waals surface area contributed by atoms with Gasteiger partial charge in [0.2, 0.25) is 0 Å². The van der Waals surface area contributed by atoms with Gasteiger partial charge in [-0.15, -0.1) is 11.3 Å². The van der Waals surface area contributed by atoms with E-state index in [0.29, 0.717) is 11.3 Å². The molecule has 4 nitrogen and oxygen atoms in total. The minimum absolute atomic E-state index is 0.0414. The highest BCUT2D eigenvalue weighted by molar-refractivity contribution is 7.09. The van der Waals surface area contributed by atoms with E-state index in [-0.39, 0.29) is 24.2 Å². The van der Waals surface area contributed by atoms with Crippen molar-refractivity contribution in [3.05, 3.63) is 51.5 Å². The van der Waals surface area contributed by atoms with Crippen molar-refractivity contribution < 1.29 is 14.3 Å². The second-order valence-electron chi connectivity index (χ2n) is 6.45. The number of nitrogens with zero attached hydrogens (tertiary/aromatic N) is 1. The van der Waals surface area contributed by atoms with E-state index in [1.807, 2.05) is 24.4 Å². The number of hydrogen-bond acceptors (Lipinski definition) is 5. The van der Waals surface area contributed by atoms with Crippen molar-refractivity contribution in [3.63, 3.8) is 0 Å². The van der Waals surface area contributed by atoms with Crippen LogP contribution in [-0.2, 0) is 21.4 Å².